The number of carbonyl (C=O) groups excluding carboxylic acids is 2. The minimum atomic E-state index is -0.447. The molecule has 3 aromatic rings. The summed E-state index contributed by atoms with van der Waals surface area (Å²) in [5.74, 6) is -0.806. The maximum atomic E-state index is 13.9. The van der Waals surface area contributed by atoms with E-state index in [4.69, 9.17) is 4.74 Å². The minimum absolute atomic E-state index is 0.267. The van der Waals surface area contributed by atoms with Crippen molar-refractivity contribution >= 4 is 28.8 Å². The molecule has 5 rings (SSSR count). The highest BCUT2D eigenvalue weighted by Gasteiger charge is 2.44. The number of anilines is 2. The standard InChI is InChI=1S/C27H23FN2O3/c1-2-33-23-12-6-5-11-22(23)30-26(31)24(19-13-15-20(28)16-14-19)25(27(30)32)29-17-7-9-18-8-3-4-10-21(18)29/h3-6,8,10-16H,2,7,9,17H2,1H3. The molecule has 0 atom stereocenters. The molecule has 0 aliphatic carbocycles. The fourth-order valence-corrected chi connectivity index (χ4v) is 4.55. The van der Waals surface area contributed by atoms with E-state index in [1.54, 1.807) is 36.4 Å². The van der Waals surface area contributed by atoms with Crippen LogP contribution in [0.1, 0.15) is 24.5 Å². The molecule has 2 aliphatic heterocycles. The fourth-order valence-electron chi connectivity index (χ4n) is 4.55. The zero-order valence-corrected chi connectivity index (χ0v) is 18.3. The van der Waals surface area contributed by atoms with E-state index in [0.29, 0.717) is 35.8 Å². The Balaban J connectivity index is 1.69. The van der Waals surface area contributed by atoms with Gasteiger partial charge in [-0.05, 0) is 61.2 Å². The highest BCUT2D eigenvalue weighted by molar-refractivity contribution is 6.46. The molecule has 166 valence electrons. The van der Waals surface area contributed by atoms with Gasteiger partial charge in [-0.15, -0.1) is 0 Å². The number of ether oxygens (including phenoxy) is 1. The second-order valence-corrected chi connectivity index (χ2v) is 7.96. The molecule has 0 saturated carbocycles. The van der Waals surface area contributed by atoms with Crippen LogP contribution in [0.4, 0.5) is 15.8 Å². The lowest BCUT2D eigenvalue weighted by molar-refractivity contribution is -0.120. The van der Waals surface area contributed by atoms with Gasteiger partial charge >= 0.3 is 0 Å². The fraction of sp³-hybridized carbons (Fsp3) is 0.185. The minimum Gasteiger partial charge on any atom is -0.492 e. The molecule has 5 nitrogen and oxygen atoms in total. The Labute approximate surface area is 191 Å². The number of halogens is 1. The highest BCUT2D eigenvalue weighted by atomic mass is 19.1. The Kier molecular flexibility index (Phi) is 5.42. The van der Waals surface area contributed by atoms with Crippen LogP contribution in [0.5, 0.6) is 5.75 Å². The molecular weight excluding hydrogens is 419 g/mol. The lowest BCUT2D eigenvalue weighted by Crippen LogP contribution is -2.37. The molecule has 0 fully saturated rings. The molecule has 0 N–H and O–H groups in total. The van der Waals surface area contributed by atoms with Crippen molar-refractivity contribution in [2.75, 3.05) is 23.0 Å². The number of imide groups is 1. The number of aryl methyl sites for hydroxylation is 1. The third-order valence-corrected chi connectivity index (χ3v) is 5.98. The van der Waals surface area contributed by atoms with Crippen LogP contribution < -0.4 is 14.5 Å². The van der Waals surface area contributed by atoms with Gasteiger partial charge in [-0.1, -0.05) is 42.5 Å². The molecule has 2 heterocycles. The number of amides is 2. The van der Waals surface area contributed by atoms with E-state index in [1.807, 2.05) is 36.1 Å². The summed E-state index contributed by atoms with van der Waals surface area (Å²) in [6.07, 6.45) is 1.76. The monoisotopic (exact) mass is 442 g/mol. The number of para-hydroxylation sites is 3. The van der Waals surface area contributed by atoms with Gasteiger partial charge in [0.2, 0.25) is 0 Å². The summed E-state index contributed by atoms with van der Waals surface area (Å²) >= 11 is 0. The average Bonchev–Trinajstić information content (AvgIpc) is 3.09. The first-order valence-electron chi connectivity index (χ1n) is 11.1. The maximum absolute atomic E-state index is 13.9. The van der Waals surface area contributed by atoms with Crippen LogP contribution in [0.15, 0.2) is 78.5 Å². The van der Waals surface area contributed by atoms with Crippen molar-refractivity contribution in [3.05, 3.63) is 95.4 Å². The lowest BCUT2D eigenvalue weighted by Gasteiger charge is -2.32. The molecule has 2 amide bonds. The van der Waals surface area contributed by atoms with E-state index in [2.05, 4.69) is 0 Å². The number of fused-ring (bicyclic) bond motifs is 1. The molecule has 6 heteroatoms. The van der Waals surface area contributed by atoms with Crippen LogP contribution >= 0.6 is 0 Å². The summed E-state index contributed by atoms with van der Waals surface area (Å²) in [7, 11) is 0. The molecule has 0 spiro atoms. The van der Waals surface area contributed by atoms with Crippen LogP contribution in [0.3, 0.4) is 0 Å². The van der Waals surface area contributed by atoms with Gasteiger partial charge in [-0.3, -0.25) is 9.59 Å². The smallest absolute Gasteiger partial charge is 0.282 e. The number of rotatable bonds is 5. The molecule has 0 bridgehead atoms. The zero-order chi connectivity index (χ0) is 22.9. The van der Waals surface area contributed by atoms with Gasteiger partial charge < -0.3 is 9.64 Å². The lowest BCUT2D eigenvalue weighted by atomic mass is 9.98. The van der Waals surface area contributed by atoms with Gasteiger partial charge in [0.05, 0.1) is 17.9 Å². The maximum Gasteiger partial charge on any atom is 0.282 e. The van der Waals surface area contributed by atoms with E-state index in [0.717, 1.165) is 24.1 Å². The van der Waals surface area contributed by atoms with E-state index in [1.165, 1.54) is 17.0 Å². The molecule has 0 aromatic heterocycles. The molecule has 3 aromatic carbocycles. The van der Waals surface area contributed by atoms with Crippen LogP contribution in [0.2, 0.25) is 0 Å². The van der Waals surface area contributed by atoms with Crippen molar-refractivity contribution in [1.82, 2.24) is 0 Å². The molecular formula is C27H23FN2O3. The summed E-state index contributed by atoms with van der Waals surface area (Å²) in [4.78, 5) is 30.8. The predicted molar refractivity (Wildman–Crippen MR) is 126 cm³/mol. The first kappa shape index (κ1) is 20.9. The molecule has 2 aliphatic rings. The average molecular weight is 442 g/mol. The molecule has 33 heavy (non-hydrogen) atoms. The van der Waals surface area contributed by atoms with Crippen molar-refractivity contribution in [3.8, 4) is 5.75 Å². The van der Waals surface area contributed by atoms with Gasteiger partial charge in [0.1, 0.15) is 17.3 Å². The van der Waals surface area contributed by atoms with Gasteiger partial charge in [-0.2, -0.15) is 0 Å². The van der Waals surface area contributed by atoms with Crippen molar-refractivity contribution in [1.29, 1.82) is 0 Å². The van der Waals surface area contributed by atoms with Crippen LogP contribution in [-0.2, 0) is 16.0 Å². The van der Waals surface area contributed by atoms with Crippen molar-refractivity contribution < 1.29 is 18.7 Å². The topological polar surface area (TPSA) is 49.9 Å². The Morgan fingerprint density at radius 3 is 2.33 bits per heavy atom. The number of benzene rings is 3. The molecule has 0 radical (unpaired) electrons. The second-order valence-electron chi connectivity index (χ2n) is 7.96. The number of hydrogen-bond donors (Lipinski definition) is 0. The number of hydrogen-bond acceptors (Lipinski definition) is 4. The van der Waals surface area contributed by atoms with Crippen LogP contribution in [-0.4, -0.2) is 25.0 Å². The molecule has 0 unspecified atom stereocenters. The van der Waals surface area contributed by atoms with Gasteiger partial charge in [0, 0.05) is 12.2 Å². The van der Waals surface area contributed by atoms with Crippen molar-refractivity contribution in [3.63, 3.8) is 0 Å². The Morgan fingerprint density at radius 2 is 1.58 bits per heavy atom. The summed E-state index contributed by atoms with van der Waals surface area (Å²) < 4.78 is 19.4. The van der Waals surface area contributed by atoms with E-state index < -0.39 is 17.6 Å². The van der Waals surface area contributed by atoms with Crippen LogP contribution in [0.25, 0.3) is 5.57 Å². The van der Waals surface area contributed by atoms with E-state index in [-0.39, 0.29) is 5.57 Å². The Morgan fingerprint density at radius 1 is 0.879 bits per heavy atom. The first-order valence-corrected chi connectivity index (χ1v) is 11.1. The Hall–Kier alpha value is -3.93. The Bertz CT molecular complexity index is 1270. The highest BCUT2D eigenvalue weighted by Crippen LogP contribution is 2.41. The van der Waals surface area contributed by atoms with Gasteiger partial charge in [-0.25, -0.2) is 9.29 Å². The third kappa shape index (κ3) is 3.57. The quantitative estimate of drug-likeness (QED) is 0.524. The predicted octanol–water partition coefficient (Wildman–Crippen LogP) is 4.96. The third-order valence-electron chi connectivity index (χ3n) is 5.98. The normalized spacial score (nSPS) is 15.8. The van der Waals surface area contributed by atoms with Gasteiger partial charge in [0.15, 0.2) is 0 Å². The number of carbonyl (C=O) groups is 2. The van der Waals surface area contributed by atoms with E-state index >= 15 is 0 Å². The summed E-state index contributed by atoms with van der Waals surface area (Å²) in [5.41, 5.74) is 3.52. The first-order chi connectivity index (χ1) is 16.1. The second kappa shape index (κ2) is 8.54. The van der Waals surface area contributed by atoms with Crippen molar-refractivity contribution in [2.45, 2.75) is 19.8 Å². The van der Waals surface area contributed by atoms with Gasteiger partial charge in [0.25, 0.3) is 11.8 Å². The molecule has 0 saturated heterocycles. The van der Waals surface area contributed by atoms with Crippen LogP contribution in [0, 0.1) is 5.82 Å². The largest absolute Gasteiger partial charge is 0.492 e. The van der Waals surface area contributed by atoms with E-state index in [9.17, 15) is 14.0 Å². The number of nitrogens with zero attached hydrogens (tertiary/aromatic N) is 2. The summed E-state index contributed by atoms with van der Waals surface area (Å²) in [6.45, 7) is 2.86. The SMILES string of the molecule is CCOc1ccccc1N1C(=O)C(c2ccc(F)cc2)=C(N2CCCc3ccccc32)C1=O. The summed E-state index contributed by atoms with van der Waals surface area (Å²) in [5, 5.41) is 0. The van der Waals surface area contributed by atoms with Crippen molar-refractivity contribution in [2.24, 2.45) is 0 Å². The summed E-state index contributed by atoms with van der Waals surface area (Å²) in [6, 6.07) is 20.6. The zero-order valence-electron chi connectivity index (χ0n) is 18.3.